The summed E-state index contributed by atoms with van der Waals surface area (Å²) in [6.45, 7) is 1.73. The second-order valence-electron chi connectivity index (χ2n) is 4.79. The molecule has 1 atom stereocenters. The van der Waals surface area contributed by atoms with Crippen molar-refractivity contribution in [2.24, 2.45) is 5.10 Å². The first kappa shape index (κ1) is 17.5. The summed E-state index contributed by atoms with van der Waals surface area (Å²) >= 11 is 1.37. The number of amides is 1. The second-order valence-corrected chi connectivity index (χ2v) is 6.20. The molecular formula is C16H14N3O4S-. The Morgan fingerprint density at radius 2 is 2.00 bits per heavy atom. The molecule has 1 amide bonds. The highest BCUT2D eigenvalue weighted by atomic mass is 32.2. The van der Waals surface area contributed by atoms with Gasteiger partial charge in [-0.1, -0.05) is 30.0 Å². The van der Waals surface area contributed by atoms with Crippen molar-refractivity contribution in [3.8, 4) is 5.75 Å². The number of nitrogens with one attached hydrogen (secondary N) is 1. The Bertz CT molecular complexity index is 765. The maximum Gasteiger partial charge on any atom is 0.270 e. The third-order valence-corrected chi connectivity index (χ3v) is 4.12. The molecule has 0 aliphatic carbocycles. The third-order valence-electron chi connectivity index (χ3n) is 3.01. The van der Waals surface area contributed by atoms with E-state index in [1.807, 2.05) is 30.3 Å². The molecule has 0 aliphatic heterocycles. The van der Waals surface area contributed by atoms with E-state index < -0.39 is 10.7 Å². The van der Waals surface area contributed by atoms with Crippen LogP contribution in [0.1, 0.15) is 12.5 Å². The molecule has 2 aromatic carbocycles. The summed E-state index contributed by atoms with van der Waals surface area (Å²) in [6, 6.07) is 12.8. The Labute approximate surface area is 142 Å². The number of benzene rings is 2. The van der Waals surface area contributed by atoms with Gasteiger partial charge in [-0.3, -0.25) is 14.9 Å². The highest BCUT2D eigenvalue weighted by molar-refractivity contribution is 8.00. The molecule has 124 valence electrons. The fraction of sp³-hybridized carbons (Fsp3) is 0.125. The first-order valence-corrected chi connectivity index (χ1v) is 7.85. The van der Waals surface area contributed by atoms with Gasteiger partial charge in [0.15, 0.2) is 0 Å². The van der Waals surface area contributed by atoms with E-state index in [1.54, 1.807) is 6.92 Å². The number of rotatable bonds is 6. The Hall–Kier alpha value is -2.87. The van der Waals surface area contributed by atoms with Crippen molar-refractivity contribution in [1.29, 1.82) is 0 Å². The van der Waals surface area contributed by atoms with Gasteiger partial charge in [0, 0.05) is 17.0 Å². The molecule has 0 saturated carbocycles. The summed E-state index contributed by atoms with van der Waals surface area (Å²) in [4.78, 5) is 23.0. The van der Waals surface area contributed by atoms with Gasteiger partial charge in [-0.2, -0.15) is 5.10 Å². The maximum atomic E-state index is 12.0. The largest absolute Gasteiger partial charge is 0.872 e. The highest BCUT2D eigenvalue weighted by Crippen LogP contribution is 2.22. The van der Waals surface area contributed by atoms with Crippen LogP contribution in [0.2, 0.25) is 0 Å². The van der Waals surface area contributed by atoms with Crippen LogP contribution in [0, 0.1) is 10.1 Å². The van der Waals surface area contributed by atoms with Crippen LogP contribution in [-0.4, -0.2) is 22.3 Å². The number of hydrazone groups is 1. The molecule has 1 N–H and O–H groups in total. The lowest BCUT2D eigenvalue weighted by molar-refractivity contribution is -0.385. The molecule has 8 heteroatoms. The standard InChI is InChI=1S/C16H15N3O4S/c1-11(24-14-5-3-2-4-6-14)16(21)18-17-10-12-9-13(19(22)23)7-8-15(12)20/h2-11,20H,1H3,(H,18,21)/p-1/b17-10-/t11-/m0/s1. The minimum absolute atomic E-state index is 0.0351. The molecule has 0 aliphatic rings. The SMILES string of the molecule is C[C@H](Sc1ccccc1)C(=O)N/N=C\c1cc([N+](=O)[O-])ccc1[O-]. The van der Waals surface area contributed by atoms with E-state index in [4.69, 9.17) is 0 Å². The molecule has 0 bridgehead atoms. The van der Waals surface area contributed by atoms with E-state index >= 15 is 0 Å². The molecule has 24 heavy (non-hydrogen) atoms. The topological polar surface area (TPSA) is 108 Å². The van der Waals surface area contributed by atoms with Crippen LogP contribution in [0.15, 0.2) is 58.5 Å². The Balaban J connectivity index is 1.97. The number of nitrogens with zero attached hydrogens (tertiary/aromatic N) is 2. The Morgan fingerprint density at radius 3 is 2.67 bits per heavy atom. The van der Waals surface area contributed by atoms with E-state index in [1.165, 1.54) is 11.8 Å². The number of carbonyl (C=O) groups is 1. The number of thioether (sulfide) groups is 1. The number of non-ortho nitro benzene ring substituents is 1. The molecule has 2 aromatic rings. The van der Waals surface area contributed by atoms with Crippen molar-refractivity contribution < 1.29 is 14.8 Å². The summed E-state index contributed by atoms with van der Waals surface area (Å²) in [5, 5.41) is 25.6. The quantitative estimate of drug-likeness (QED) is 0.374. The van der Waals surface area contributed by atoms with Gasteiger partial charge in [0.05, 0.1) is 16.4 Å². The van der Waals surface area contributed by atoms with Gasteiger partial charge in [0.1, 0.15) is 0 Å². The van der Waals surface area contributed by atoms with Gasteiger partial charge in [-0.05, 0) is 24.6 Å². The summed E-state index contributed by atoms with van der Waals surface area (Å²) < 4.78 is 0. The monoisotopic (exact) mass is 344 g/mol. The summed E-state index contributed by atoms with van der Waals surface area (Å²) in [6.07, 6.45) is 1.10. The number of hydrogen-bond acceptors (Lipinski definition) is 6. The predicted molar refractivity (Wildman–Crippen MR) is 90.0 cm³/mol. The summed E-state index contributed by atoms with van der Waals surface area (Å²) in [5.41, 5.74) is 2.15. The summed E-state index contributed by atoms with van der Waals surface area (Å²) in [7, 11) is 0. The van der Waals surface area contributed by atoms with E-state index in [2.05, 4.69) is 10.5 Å². The molecule has 0 saturated heterocycles. The van der Waals surface area contributed by atoms with Crippen LogP contribution in [0.5, 0.6) is 5.75 Å². The second kappa shape index (κ2) is 8.11. The van der Waals surface area contributed by atoms with Crippen LogP contribution >= 0.6 is 11.8 Å². The molecule has 0 fully saturated rings. The molecule has 7 nitrogen and oxygen atoms in total. The first-order valence-electron chi connectivity index (χ1n) is 6.97. The van der Waals surface area contributed by atoms with Crippen LogP contribution < -0.4 is 10.5 Å². The van der Waals surface area contributed by atoms with E-state index in [0.717, 1.165) is 29.3 Å². The van der Waals surface area contributed by atoms with E-state index in [-0.39, 0.29) is 22.4 Å². The third kappa shape index (κ3) is 4.82. The van der Waals surface area contributed by atoms with Crippen molar-refractivity contribution in [2.75, 3.05) is 0 Å². The zero-order valence-corrected chi connectivity index (χ0v) is 13.5. The molecule has 0 heterocycles. The van der Waals surface area contributed by atoms with Crippen molar-refractivity contribution >= 4 is 29.6 Å². The van der Waals surface area contributed by atoms with Crippen LogP contribution in [-0.2, 0) is 4.79 Å². The van der Waals surface area contributed by atoms with Crippen molar-refractivity contribution in [2.45, 2.75) is 17.1 Å². The predicted octanol–water partition coefficient (Wildman–Crippen LogP) is 2.30. The minimum atomic E-state index is -0.603. The lowest BCUT2D eigenvalue weighted by atomic mass is 10.2. The summed E-state index contributed by atoms with van der Waals surface area (Å²) in [5.74, 6) is -0.747. The fourth-order valence-electron chi connectivity index (χ4n) is 1.76. The number of hydrogen-bond donors (Lipinski definition) is 1. The molecule has 0 radical (unpaired) electrons. The van der Waals surface area contributed by atoms with Gasteiger partial charge in [-0.25, -0.2) is 5.43 Å². The number of carbonyl (C=O) groups excluding carboxylic acids is 1. The van der Waals surface area contributed by atoms with Gasteiger partial charge in [-0.15, -0.1) is 11.8 Å². The first-order chi connectivity index (χ1) is 11.5. The average Bonchev–Trinajstić information content (AvgIpc) is 2.57. The average molecular weight is 344 g/mol. The lowest BCUT2D eigenvalue weighted by Crippen LogP contribution is -2.26. The normalized spacial score (nSPS) is 12.0. The maximum absolute atomic E-state index is 12.0. The van der Waals surface area contributed by atoms with Crippen molar-refractivity contribution in [1.82, 2.24) is 5.43 Å². The van der Waals surface area contributed by atoms with Crippen LogP contribution in [0.3, 0.4) is 0 Å². The lowest BCUT2D eigenvalue weighted by Gasteiger charge is -2.10. The molecular weight excluding hydrogens is 330 g/mol. The van der Waals surface area contributed by atoms with E-state index in [9.17, 15) is 20.0 Å². The van der Waals surface area contributed by atoms with Gasteiger partial charge in [0.25, 0.3) is 11.6 Å². The molecule has 2 rings (SSSR count). The molecule has 0 unspecified atom stereocenters. The van der Waals surface area contributed by atoms with Gasteiger partial charge < -0.3 is 5.11 Å². The fourth-order valence-corrected chi connectivity index (χ4v) is 2.65. The van der Waals surface area contributed by atoms with Crippen LogP contribution in [0.4, 0.5) is 5.69 Å². The van der Waals surface area contributed by atoms with E-state index in [0.29, 0.717) is 0 Å². The minimum Gasteiger partial charge on any atom is -0.872 e. The smallest absolute Gasteiger partial charge is 0.270 e. The van der Waals surface area contributed by atoms with Crippen molar-refractivity contribution in [3.63, 3.8) is 0 Å². The van der Waals surface area contributed by atoms with Crippen LogP contribution in [0.25, 0.3) is 0 Å². The molecule has 0 aromatic heterocycles. The Kier molecular flexibility index (Phi) is 5.91. The van der Waals surface area contributed by atoms with Gasteiger partial charge >= 0.3 is 0 Å². The van der Waals surface area contributed by atoms with Crippen molar-refractivity contribution in [3.05, 3.63) is 64.2 Å². The zero-order chi connectivity index (χ0) is 17.5. The Morgan fingerprint density at radius 1 is 1.29 bits per heavy atom. The highest BCUT2D eigenvalue weighted by Gasteiger charge is 2.13. The molecule has 0 spiro atoms. The number of nitro benzene ring substituents is 1. The zero-order valence-electron chi connectivity index (χ0n) is 12.7. The van der Waals surface area contributed by atoms with Gasteiger partial charge in [0.2, 0.25) is 0 Å². The number of nitro groups is 1.